The Hall–Kier alpha value is -1.61. The molecule has 2 heteroatoms. The first-order chi connectivity index (χ1) is 10.7. The highest BCUT2D eigenvalue weighted by atomic mass is 28.3. The summed E-state index contributed by atoms with van der Waals surface area (Å²) in [6.07, 6.45) is 0. The highest BCUT2D eigenvalue weighted by molar-refractivity contribution is 6.96. The lowest BCUT2D eigenvalue weighted by molar-refractivity contribution is 1.60. The summed E-state index contributed by atoms with van der Waals surface area (Å²) in [5, 5.41) is 2.86. The molecule has 0 fully saturated rings. The second-order valence-corrected chi connectivity index (χ2v) is 18.1. The molecule has 0 saturated heterocycles. The van der Waals surface area contributed by atoms with E-state index >= 15 is 0 Å². The van der Waals surface area contributed by atoms with E-state index in [1.165, 1.54) is 21.5 Å². The van der Waals surface area contributed by atoms with Gasteiger partial charge in [-0.3, -0.25) is 0 Å². The fraction of sp³-hybridized carbons (Fsp3) is 0.286. The third-order valence-corrected chi connectivity index (χ3v) is 7.70. The molecule has 0 nitrogen and oxygen atoms in total. The Morgan fingerprint density at radius 2 is 0.870 bits per heavy atom. The minimum absolute atomic E-state index is 1.33. The smallest absolute Gasteiger partial charge is 0.0883 e. The maximum Gasteiger partial charge on any atom is 0.0883 e. The Bertz CT molecular complexity index is 646. The molecule has 0 aromatic heterocycles. The predicted molar refractivity (Wildman–Crippen MR) is 110 cm³/mol. The first-order valence-electron chi connectivity index (χ1n) is 8.32. The van der Waals surface area contributed by atoms with Gasteiger partial charge in [-0.05, 0) is 21.5 Å². The summed E-state index contributed by atoms with van der Waals surface area (Å²) in [6.45, 7) is 14.5. The Kier molecular flexibility index (Phi) is 5.31. The van der Waals surface area contributed by atoms with Gasteiger partial charge in [-0.1, -0.05) is 99.9 Å². The van der Waals surface area contributed by atoms with E-state index in [4.69, 9.17) is 0 Å². The van der Waals surface area contributed by atoms with Crippen LogP contribution in [-0.2, 0) is 0 Å². The second kappa shape index (κ2) is 6.88. The van der Waals surface area contributed by atoms with Crippen LogP contribution >= 0.6 is 0 Å². The zero-order valence-electron chi connectivity index (χ0n) is 15.3. The van der Waals surface area contributed by atoms with E-state index in [1.807, 2.05) is 0 Å². The van der Waals surface area contributed by atoms with Crippen molar-refractivity contribution in [3.8, 4) is 0 Å². The van der Waals surface area contributed by atoms with Crippen molar-refractivity contribution in [3.63, 3.8) is 0 Å². The van der Waals surface area contributed by atoms with Crippen LogP contribution in [0.2, 0.25) is 39.3 Å². The normalized spacial score (nSPS) is 11.7. The van der Waals surface area contributed by atoms with Crippen LogP contribution in [0.4, 0.5) is 0 Å². The zero-order valence-corrected chi connectivity index (χ0v) is 17.3. The standard InChI is InChI=1S/C21H28Si2/c1-22(2,3)20(18-13-9-7-10-14-18)17-21(23(4,5)6)19-15-11-8-12-16-19/h7-16H,1-6H3. The summed E-state index contributed by atoms with van der Waals surface area (Å²) < 4.78 is 0. The Labute approximate surface area is 143 Å². The van der Waals surface area contributed by atoms with E-state index in [-0.39, 0.29) is 0 Å². The molecule has 2 aromatic carbocycles. The molecule has 0 aliphatic carbocycles. The van der Waals surface area contributed by atoms with Gasteiger partial charge in [0.05, 0.1) is 16.1 Å². The van der Waals surface area contributed by atoms with Gasteiger partial charge in [0.1, 0.15) is 0 Å². The molecule has 0 radical (unpaired) electrons. The summed E-state index contributed by atoms with van der Waals surface area (Å²) in [6, 6.07) is 21.6. The number of rotatable bonds is 4. The average Bonchev–Trinajstić information content (AvgIpc) is 2.47. The van der Waals surface area contributed by atoms with Crippen LogP contribution in [-0.4, -0.2) is 16.1 Å². The van der Waals surface area contributed by atoms with Crippen molar-refractivity contribution in [2.75, 3.05) is 0 Å². The van der Waals surface area contributed by atoms with Crippen molar-refractivity contribution >= 4 is 26.5 Å². The van der Waals surface area contributed by atoms with Crippen LogP contribution in [0, 0.1) is 0 Å². The lowest BCUT2D eigenvalue weighted by atomic mass is 10.2. The summed E-state index contributed by atoms with van der Waals surface area (Å²) >= 11 is 0. The molecule has 0 saturated carbocycles. The van der Waals surface area contributed by atoms with E-state index in [9.17, 15) is 0 Å². The fourth-order valence-corrected chi connectivity index (χ4v) is 5.91. The van der Waals surface area contributed by atoms with Gasteiger partial charge >= 0.3 is 0 Å². The summed E-state index contributed by atoms with van der Waals surface area (Å²) in [5.74, 6) is 0. The molecule has 0 unspecified atom stereocenters. The topological polar surface area (TPSA) is 0 Å². The molecule has 0 heterocycles. The van der Waals surface area contributed by atoms with Crippen LogP contribution in [0.25, 0.3) is 10.4 Å². The van der Waals surface area contributed by atoms with Crippen LogP contribution < -0.4 is 0 Å². The van der Waals surface area contributed by atoms with Gasteiger partial charge in [0, 0.05) is 0 Å². The van der Waals surface area contributed by atoms with E-state index in [2.05, 4.69) is 106 Å². The van der Waals surface area contributed by atoms with Crippen LogP contribution in [0.15, 0.2) is 66.4 Å². The van der Waals surface area contributed by atoms with Gasteiger partial charge in [-0.25, -0.2) is 0 Å². The first-order valence-corrected chi connectivity index (χ1v) is 15.3. The number of benzene rings is 2. The molecule has 0 spiro atoms. The zero-order chi connectivity index (χ0) is 17.1. The van der Waals surface area contributed by atoms with Gasteiger partial charge in [-0.2, -0.15) is 0 Å². The number of hydrogen-bond acceptors (Lipinski definition) is 0. The van der Waals surface area contributed by atoms with Gasteiger partial charge in [0.15, 0.2) is 0 Å². The highest BCUT2D eigenvalue weighted by Crippen LogP contribution is 2.30. The van der Waals surface area contributed by atoms with Crippen molar-refractivity contribution in [2.45, 2.75) is 39.3 Å². The molecule has 0 aliphatic rings. The lowest BCUT2D eigenvalue weighted by Crippen LogP contribution is -2.25. The van der Waals surface area contributed by atoms with Crippen LogP contribution in [0.5, 0.6) is 0 Å². The molecule has 2 rings (SSSR count). The van der Waals surface area contributed by atoms with Gasteiger partial charge in [0.25, 0.3) is 0 Å². The molecule has 0 N–H and O–H groups in total. The average molecular weight is 337 g/mol. The summed E-state index contributed by atoms with van der Waals surface area (Å²) in [5.41, 5.74) is 6.59. The van der Waals surface area contributed by atoms with E-state index in [1.54, 1.807) is 0 Å². The Morgan fingerprint density at radius 3 is 1.13 bits per heavy atom. The maximum absolute atomic E-state index is 3.92. The summed E-state index contributed by atoms with van der Waals surface area (Å²) in [7, 11) is -2.99. The largest absolute Gasteiger partial charge is 0.122 e. The lowest BCUT2D eigenvalue weighted by Gasteiger charge is -2.23. The molecule has 0 aliphatic heterocycles. The Morgan fingerprint density at radius 1 is 0.565 bits per heavy atom. The van der Waals surface area contributed by atoms with Crippen molar-refractivity contribution in [1.82, 2.24) is 0 Å². The SMILES string of the molecule is C[Si](C)(C)C(=C=C(c1ccccc1)[Si](C)(C)C)c1ccccc1. The molecule has 2 aromatic rings. The van der Waals surface area contributed by atoms with Crippen LogP contribution in [0.1, 0.15) is 11.1 Å². The first kappa shape index (κ1) is 17.7. The molecule has 0 bridgehead atoms. The maximum atomic E-state index is 3.92. The van der Waals surface area contributed by atoms with Crippen molar-refractivity contribution < 1.29 is 0 Å². The van der Waals surface area contributed by atoms with Crippen molar-refractivity contribution in [2.24, 2.45) is 0 Å². The number of hydrogen-bond donors (Lipinski definition) is 0. The third-order valence-electron chi connectivity index (χ3n) is 3.87. The second-order valence-electron chi connectivity index (χ2n) is 8.11. The minimum Gasteiger partial charge on any atom is -0.122 e. The van der Waals surface area contributed by atoms with Crippen molar-refractivity contribution in [1.29, 1.82) is 0 Å². The molecular weight excluding hydrogens is 308 g/mol. The molecule has 120 valence electrons. The molecule has 23 heavy (non-hydrogen) atoms. The van der Waals surface area contributed by atoms with E-state index in [0.717, 1.165) is 0 Å². The quantitative estimate of drug-likeness (QED) is 0.441. The van der Waals surface area contributed by atoms with E-state index < -0.39 is 16.1 Å². The van der Waals surface area contributed by atoms with Gasteiger partial charge in [0.2, 0.25) is 0 Å². The highest BCUT2D eigenvalue weighted by Gasteiger charge is 2.25. The minimum atomic E-state index is -1.49. The molecule has 0 amide bonds. The Balaban J connectivity index is 2.81. The molecular formula is C21H28Si2. The fourth-order valence-electron chi connectivity index (χ4n) is 2.72. The van der Waals surface area contributed by atoms with Gasteiger partial charge in [-0.15, -0.1) is 5.73 Å². The molecule has 0 atom stereocenters. The summed E-state index contributed by atoms with van der Waals surface area (Å²) in [4.78, 5) is 0. The van der Waals surface area contributed by atoms with E-state index in [0.29, 0.717) is 0 Å². The third kappa shape index (κ3) is 4.68. The van der Waals surface area contributed by atoms with Crippen LogP contribution in [0.3, 0.4) is 0 Å². The van der Waals surface area contributed by atoms with Gasteiger partial charge < -0.3 is 0 Å². The monoisotopic (exact) mass is 336 g/mol. The van der Waals surface area contributed by atoms with Crippen molar-refractivity contribution in [3.05, 3.63) is 77.5 Å². The predicted octanol–water partition coefficient (Wildman–Crippen LogP) is 6.51.